The Labute approximate surface area is 105 Å². The lowest BCUT2D eigenvalue weighted by Crippen LogP contribution is -2.30. The van der Waals surface area contributed by atoms with E-state index in [1.165, 1.54) is 11.8 Å². The highest BCUT2D eigenvalue weighted by Crippen LogP contribution is 2.26. The number of thioether (sulfide) groups is 1. The van der Waals surface area contributed by atoms with Crippen molar-refractivity contribution >= 4 is 23.6 Å². The maximum Gasteiger partial charge on any atom is 0.233 e. The van der Waals surface area contributed by atoms with Crippen molar-refractivity contribution in [3.05, 3.63) is 0 Å². The molecule has 0 aromatic carbocycles. The zero-order valence-electron chi connectivity index (χ0n) is 10.6. The van der Waals surface area contributed by atoms with E-state index < -0.39 is 0 Å². The smallest absolute Gasteiger partial charge is 0.233 e. The van der Waals surface area contributed by atoms with Crippen LogP contribution in [0.1, 0.15) is 33.7 Å². The van der Waals surface area contributed by atoms with Gasteiger partial charge in [0.1, 0.15) is 0 Å². The molecule has 7 heteroatoms. The summed E-state index contributed by atoms with van der Waals surface area (Å²) in [5.74, 6) is 0.375. The molecule has 0 saturated carbocycles. The number of rotatable bonds is 5. The molecule has 0 radical (unpaired) electrons. The first-order chi connectivity index (χ1) is 7.97. The molecule has 0 saturated heterocycles. The van der Waals surface area contributed by atoms with Crippen molar-refractivity contribution in [3.63, 3.8) is 0 Å². The molecule has 0 spiro atoms. The number of hydrogen-bond acceptors (Lipinski definition) is 5. The summed E-state index contributed by atoms with van der Waals surface area (Å²) in [4.78, 5) is 11.6. The Morgan fingerprint density at radius 3 is 2.65 bits per heavy atom. The molecule has 0 fully saturated rings. The quantitative estimate of drug-likeness (QED) is 0.770. The second kappa shape index (κ2) is 5.90. The van der Waals surface area contributed by atoms with Gasteiger partial charge < -0.3 is 11.1 Å². The maximum absolute atomic E-state index is 11.6. The fraction of sp³-hybridized carbons (Fsp3) is 0.700. The van der Waals surface area contributed by atoms with E-state index in [1.807, 2.05) is 32.3 Å². The van der Waals surface area contributed by atoms with Crippen LogP contribution in [0, 0.1) is 0 Å². The van der Waals surface area contributed by atoms with E-state index in [-0.39, 0.29) is 17.2 Å². The predicted octanol–water partition coefficient (Wildman–Crippen LogP) is 1.06. The molecule has 6 nitrogen and oxygen atoms in total. The molecule has 1 rings (SSSR count). The lowest BCUT2D eigenvalue weighted by molar-refractivity contribution is -0.120. The van der Waals surface area contributed by atoms with E-state index in [2.05, 4.69) is 15.5 Å². The van der Waals surface area contributed by atoms with E-state index in [1.54, 1.807) is 0 Å². The highest BCUT2D eigenvalue weighted by molar-refractivity contribution is 8.00. The van der Waals surface area contributed by atoms with Gasteiger partial charge in [-0.1, -0.05) is 11.8 Å². The summed E-state index contributed by atoms with van der Waals surface area (Å²) in [6.45, 7) is 8.36. The number of carbonyl (C=O) groups excluding carboxylic acids is 1. The Balaban J connectivity index is 2.78. The second-order valence-corrected chi connectivity index (χ2v) is 5.27. The number of amides is 1. The zero-order chi connectivity index (χ0) is 13.0. The van der Waals surface area contributed by atoms with Gasteiger partial charge >= 0.3 is 0 Å². The fourth-order valence-corrected chi connectivity index (χ4v) is 2.40. The van der Waals surface area contributed by atoms with Crippen LogP contribution in [0.3, 0.4) is 0 Å². The lowest BCUT2D eigenvalue weighted by atomic mass is 10.4. The van der Waals surface area contributed by atoms with Gasteiger partial charge in [0.05, 0.1) is 5.25 Å². The second-order valence-electron chi connectivity index (χ2n) is 3.96. The van der Waals surface area contributed by atoms with Crippen molar-refractivity contribution in [1.29, 1.82) is 0 Å². The van der Waals surface area contributed by atoms with Crippen LogP contribution in [0.25, 0.3) is 0 Å². The Bertz CT molecular complexity index is 390. The van der Waals surface area contributed by atoms with Crippen LogP contribution >= 0.6 is 11.8 Å². The number of nitrogens with one attached hydrogen (secondary N) is 1. The van der Waals surface area contributed by atoms with E-state index >= 15 is 0 Å². The first-order valence-corrected chi connectivity index (χ1v) is 6.50. The van der Waals surface area contributed by atoms with Gasteiger partial charge in [-0.2, -0.15) is 0 Å². The SMILES string of the molecule is CCNC(=O)C(C)Sc1nnc(N)n1C(C)C. The van der Waals surface area contributed by atoms with Crippen molar-refractivity contribution in [2.75, 3.05) is 12.3 Å². The molecule has 1 atom stereocenters. The number of carbonyl (C=O) groups is 1. The van der Waals surface area contributed by atoms with E-state index in [0.717, 1.165) is 0 Å². The van der Waals surface area contributed by atoms with Crippen LogP contribution in [0.2, 0.25) is 0 Å². The summed E-state index contributed by atoms with van der Waals surface area (Å²) in [6, 6.07) is 0.175. The van der Waals surface area contributed by atoms with Crippen LogP contribution in [0.15, 0.2) is 5.16 Å². The van der Waals surface area contributed by atoms with E-state index in [9.17, 15) is 4.79 Å². The molecule has 1 aromatic heterocycles. The van der Waals surface area contributed by atoms with Gasteiger partial charge in [0.2, 0.25) is 11.9 Å². The molecule has 0 bridgehead atoms. The van der Waals surface area contributed by atoms with Crippen molar-refractivity contribution in [2.45, 2.75) is 44.1 Å². The zero-order valence-corrected chi connectivity index (χ0v) is 11.4. The summed E-state index contributed by atoms with van der Waals surface area (Å²) in [6.07, 6.45) is 0. The van der Waals surface area contributed by atoms with E-state index in [4.69, 9.17) is 5.73 Å². The number of nitrogens with zero attached hydrogens (tertiary/aromatic N) is 3. The third kappa shape index (κ3) is 3.36. The molecule has 1 unspecified atom stereocenters. The van der Waals surface area contributed by atoms with Crippen LogP contribution in [-0.2, 0) is 4.79 Å². The van der Waals surface area contributed by atoms with Gasteiger partial charge in [0.15, 0.2) is 5.16 Å². The molecule has 0 aliphatic carbocycles. The van der Waals surface area contributed by atoms with Gasteiger partial charge in [-0.3, -0.25) is 9.36 Å². The van der Waals surface area contributed by atoms with Crippen molar-refractivity contribution in [1.82, 2.24) is 20.1 Å². The standard InChI is InChI=1S/C10H19N5OS/c1-5-12-8(16)7(4)17-10-14-13-9(11)15(10)6(2)3/h6-7H,5H2,1-4H3,(H2,11,13)(H,12,16). The largest absolute Gasteiger partial charge is 0.368 e. The summed E-state index contributed by atoms with van der Waals surface area (Å²) < 4.78 is 1.82. The number of hydrogen-bond donors (Lipinski definition) is 2. The van der Waals surface area contributed by atoms with Crippen molar-refractivity contribution in [2.24, 2.45) is 0 Å². The van der Waals surface area contributed by atoms with Crippen LogP contribution in [0.4, 0.5) is 5.95 Å². The topological polar surface area (TPSA) is 85.8 Å². The summed E-state index contributed by atoms with van der Waals surface area (Å²) >= 11 is 1.36. The number of anilines is 1. The minimum absolute atomic E-state index is 0.00521. The van der Waals surface area contributed by atoms with Crippen LogP contribution < -0.4 is 11.1 Å². The highest BCUT2D eigenvalue weighted by atomic mass is 32.2. The summed E-state index contributed by atoms with van der Waals surface area (Å²) in [5, 5.41) is 11.1. The molecule has 0 aliphatic rings. The Morgan fingerprint density at radius 1 is 1.47 bits per heavy atom. The van der Waals surface area contributed by atoms with Crippen LogP contribution in [-0.4, -0.2) is 32.5 Å². The summed E-state index contributed by atoms with van der Waals surface area (Å²) in [5.41, 5.74) is 5.73. The molecule has 1 heterocycles. The number of nitrogen functional groups attached to an aromatic ring is 1. The van der Waals surface area contributed by atoms with Crippen LogP contribution in [0.5, 0.6) is 0 Å². The molecule has 3 N–H and O–H groups in total. The van der Waals surface area contributed by atoms with Gasteiger partial charge in [-0.25, -0.2) is 0 Å². The normalized spacial score (nSPS) is 12.8. The summed E-state index contributed by atoms with van der Waals surface area (Å²) in [7, 11) is 0. The Hall–Kier alpha value is -1.24. The minimum Gasteiger partial charge on any atom is -0.368 e. The molecular formula is C10H19N5OS. The van der Waals surface area contributed by atoms with Gasteiger partial charge in [0, 0.05) is 12.6 Å². The Kier molecular flexibility index (Phi) is 4.80. The molecule has 0 aliphatic heterocycles. The first-order valence-electron chi connectivity index (χ1n) is 5.62. The monoisotopic (exact) mass is 257 g/mol. The van der Waals surface area contributed by atoms with Gasteiger partial charge in [-0.15, -0.1) is 10.2 Å². The molecule has 96 valence electrons. The van der Waals surface area contributed by atoms with Gasteiger partial charge in [0.25, 0.3) is 0 Å². The highest BCUT2D eigenvalue weighted by Gasteiger charge is 2.19. The molecule has 17 heavy (non-hydrogen) atoms. The van der Waals surface area contributed by atoms with E-state index in [0.29, 0.717) is 17.6 Å². The van der Waals surface area contributed by atoms with Gasteiger partial charge in [-0.05, 0) is 27.7 Å². The number of aromatic nitrogens is 3. The maximum atomic E-state index is 11.6. The average Bonchev–Trinajstić information content (AvgIpc) is 2.60. The third-order valence-electron chi connectivity index (χ3n) is 2.21. The first kappa shape index (κ1) is 13.8. The Morgan fingerprint density at radius 2 is 2.12 bits per heavy atom. The van der Waals surface area contributed by atoms with Crippen molar-refractivity contribution in [3.8, 4) is 0 Å². The minimum atomic E-state index is -0.212. The fourth-order valence-electron chi connectivity index (χ4n) is 1.38. The third-order valence-corrected chi connectivity index (χ3v) is 3.27. The average molecular weight is 257 g/mol. The molecule has 1 aromatic rings. The lowest BCUT2D eigenvalue weighted by Gasteiger charge is -2.14. The molecule has 1 amide bonds. The molecular weight excluding hydrogens is 238 g/mol. The van der Waals surface area contributed by atoms with Crippen molar-refractivity contribution < 1.29 is 4.79 Å². The number of nitrogens with two attached hydrogens (primary N) is 1. The predicted molar refractivity (Wildman–Crippen MR) is 68.8 cm³/mol.